The number of hydrogen-bond acceptors (Lipinski definition) is 3. The lowest BCUT2D eigenvalue weighted by Gasteiger charge is -2.18. The number of nitrogens with one attached hydrogen (secondary N) is 1. The van der Waals surface area contributed by atoms with E-state index in [2.05, 4.69) is 34.6 Å². The average Bonchev–Trinajstić information content (AvgIpc) is 3.26. The summed E-state index contributed by atoms with van der Waals surface area (Å²) < 4.78 is 5.87. The second-order valence-corrected chi connectivity index (χ2v) is 5.34. The maximum atomic E-state index is 5.87. The van der Waals surface area contributed by atoms with Gasteiger partial charge in [0.1, 0.15) is 5.75 Å². The number of aryl methyl sites for hydroxylation is 1. The van der Waals surface area contributed by atoms with Gasteiger partial charge in [0.25, 0.3) is 0 Å². The molecule has 20 heavy (non-hydrogen) atoms. The number of pyridine rings is 1. The Labute approximate surface area is 120 Å². The van der Waals surface area contributed by atoms with E-state index in [4.69, 9.17) is 4.74 Å². The van der Waals surface area contributed by atoms with E-state index >= 15 is 0 Å². The van der Waals surface area contributed by atoms with Gasteiger partial charge in [-0.05, 0) is 56.1 Å². The van der Waals surface area contributed by atoms with E-state index in [1.807, 2.05) is 32.3 Å². The first-order valence-electron chi connectivity index (χ1n) is 7.12. The van der Waals surface area contributed by atoms with Crippen LogP contribution in [-0.2, 0) is 0 Å². The van der Waals surface area contributed by atoms with Gasteiger partial charge in [-0.2, -0.15) is 0 Å². The Morgan fingerprint density at radius 2 is 2.05 bits per heavy atom. The molecule has 0 aliphatic heterocycles. The highest BCUT2D eigenvalue weighted by atomic mass is 16.5. The predicted octanol–water partition coefficient (Wildman–Crippen LogP) is 3.24. The summed E-state index contributed by atoms with van der Waals surface area (Å²) in [5, 5.41) is 3.35. The molecule has 0 spiro atoms. The molecule has 0 amide bonds. The fourth-order valence-corrected chi connectivity index (χ4v) is 2.32. The minimum Gasteiger partial charge on any atom is -0.490 e. The third-order valence-electron chi connectivity index (χ3n) is 3.57. The summed E-state index contributed by atoms with van der Waals surface area (Å²) in [6.45, 7) is 2.00. The Balaban J connectivity index is 1.85. The van der Waals surface area contributed by atoms with Crippen molar-refractivity contribution in [2.75, 3.05) is 7.05 Å². The van der Waals surface area contributed by atoms with Gasteiger partial charge in [-0.15, -0.1) is 0 Å². The highest BCUT2D eigenvalue weighted by molar-refractivity contribution is 5.36. The molecule has 0 radical (unpaired) electrons. The standard InChI is InChI=1S/C17H20N2O/c1-12-6-7-14(11-19-12)17(18-2)13-4-3-5-16(10-13)20-15-8-9-15/h3-7,10-11,15,17-18H,8-9H2,1-2H3. The number of ether oxygens (including phenoxy) is 1. The van der Waals surface area contributed by atoms with Gasteiger partial charge in [0.15, 0.2) is 0 Å². The molecule has 1 saturated carbocycles. The van der Waals surface area contributed by atoms with Crippen LogP contribution in [0.25, 0.3) is 0 Å². The van der Waals surface area contributed by atoms with Crippen molar-refractivity contribution < 1.29 is 4.74 Å². The number of aromatic nitrogens is 1. The van der Waals surface area contributed by atoms with E-state index < -0.39 is 0 Å². The third kappa shape index (κ3) is 2.99. The molecule has 104 valence electrons. The van der Waals surface area contributed by atoms with Crippen LogP contribution >= 0.6 is 0 Å². The highest BCUT2D eigenvalue weighted by Gasteiger charge is 2.23. The van der Waals surface area contributed by atoms with Crippen LogP contribution in [0.2, 0.25) is 0 Å². The number of hydrogen-bond donors (Lipinski definition) is 1. The molecule has 1 N–H and O–H groups in total. The summed E-state index contributed by atoms with van der Waals surface area (Å²) in [6.07, 6.45) is 4.73. The van der Waals surface area contributed by atoms with Crippen LogP contribution in [0.3, 0.4) is 0 Å². The molecule has 1 fully saturated rings. The number of benzene rings is 1. The molecule has 1 atom stereocenters. The van der Waals surface area contributed by atoms with Crippen LogP contribution in [-0.4, -0.2) is 18.1 Å². The quantitative estimate of drug-likeness (QED) is 0.904. The summed E-state index contributed by atoms with van der Waals surface area (Å²) in [5.41, 5.74) is 3.41. The lowest BCUT2D eigenvalue weighted by molar-refractivity contribution is 0.302. The van der Waals surface area contributed by atoms with Gasteiger partial charge >= 0.3 is 0 Å². The number of rotatable bonds is 5. The molecule has 1 unspecified atom stereocenters. The fourth-order valence-electron chi connectivity index (χ4n) is 2.32. The Hall–Kier alpha value is -1.87. The van der Waals surface area contributed by atoms with E-state index in [-0.39, 0.29) is 6.04 Å². The van der Waals surface area contributed by atoms with Crippen molar-refractivity contribution in [1.82, 2.24) is 10.3 Å². The molecule has 1 heterocycles. The van der Waals surface area contributed by atoms with Gasteiger partial charge in [-0.1, -0.05) is 18.2 Å². The zero-order valence-corrected chi connectivity index (χ0v) is 12.0. The van der Waals surface area contributed by atoms with Gasteiger partial charge in [0.05, 0.1) is 12.1 Å². The van der Waals surface area contributed by atoms with Crippen LogP contribution in [0.4, 0.5) is 0 Å². The van der Waals surface area contributed by atoms with Crippen molar-refractivity contribution in [3.05, 3.63) is 59.4 Å². The molecule has 3 nitrogen and oxygen atoms in total. The largest absolute Gasteiger partial charge is 0.490 e. The fraction of sp³-hybridized carbons (Fsp3) is 0.353. The summed E-state index contributed by atoms with van der Waals surface area (Å²) in [6, 6.07) is 12.6. The molecule has 1 aliphatic carbocycles. The van der Waals surface area contributed by atoms with Gasteiger partial charge in [0, 0.05) is 11.9 Å². The predicted molar refractivity (Wildman–Crippen MR) is 80.0 cm³/mol. The average molecular weight is 268 g/mol. The molecule has 0 saturated heterocycles. The van der Waals surface area contributed by atoms with Crippen molar-refractivity contribution >= 4 is 0 Å². The molecule has 0 bridgehead atoms. The molecular formula is C17H20N2O. The van der Waals surface area contributed by atoms with Gasteiger partial charge in [-0.25, -0.2) is 0 Å². The SMILES string of the molecule is CNC(c1ccc(C)nc1)c1cccc(OC2CC2)c1. The normalized spacial score (nSPS) is 15.9. The van der Waals surface area contributed by atoms with Crippen LogP contribution in [0.1, 0.15) is 35.7 Å². The zero-order chi connectivity index (χ0) is 13.9. The van der Waals surface area contributed by atoms with Crippen molar-refractivity contribution in [3.63, 3.8) is 0 Å². The smallest absolute Gasteiger partial charge is 0.120 e. The minimum atomic E-state index is 0.144. The molecule has 1 aromatic carbocycles. The minimum absolute atomic E-state index is 0.144. The lowest BCUT2D eigenvalue weighted by atomic mass is 10.00. The molecule has 3 rings (SSSR count). The first-order chi connectivity index (χ1) is 9.76. The van der Waals surface area contributed by atoms with Crippen molar-refractivity contribution in [3.8, 4) is 5.75 Å². The maximum absolute atomic E-state index is 5.87. The second-order valence-electron chi connectivity index (χ2n) is 5.34. The Morgan fingerprint density at radius 1 is 1.20 bits per heavy atom. The third-order valence-corrected chi connectivity index (χ3v) is 3.57. The Kier molecular flexibility index (Phi) is 3.70. The van der Waals surface area contributed by atoms with E-state index in [0.717, 1.165) is 11.4 Å². The molecule has 2 aromatic rings. The summed E-state index contributed by atoms with van der Waals surface area (Å²) in [4.78, 5) is 4.38. The summed E-state index contributed by atoms with van der Waals surface area (Å²) >= 11 is 0. The van der Waals surface area contributed by atoms with Crippen molar-refractivity contribution in [2.24, 2.45) is 0 Å². The van der Waals surface area contributed by atoms with E-state index in [1.54, 1.807) is 0 Å². The summed E-state index contributed by atoms with van der Waals surface area (Å²) in [5.74, 6) is 0.963. The van der Waals surface area contributed by atoms with E-state index in [1.165, 1.54) is 24.0 Å². The van der Waals surface area contributed by atoms with Gasteiger partial charge in [-0.3, -0.25) is 4.98 Å². The maximum Gasteiger partial charge on any atom is 0.120 e. The molecular weight excluding hydrogens is 248 g/mol. The summed E-state index contributed by atoms with van der Waals surface area (Å²) in [7, 11) is 1.97. The molecule has 1 aromatic heterocycles. The Morgan fingerprint density at radius 3 is 2.70 bits per heavy atom. The van der Waals surface area contributed by atoms with Crippen molar-refractivity contribution in [1.29, 1.82) is 0 Å². The lowest BCUT2D eigenvalue weighted by Crippen LogP contribution is -2.18. The molecule has 1 aliphatic rings. The first-order valence-corrected chi connectivity index (χ1v) is 7.12. The van der Waals surface area contributed by atoms with Crippen LogP contribution in [0.5, 0.6) is 5.75 Å². The second kappa shape index (κ2) is 5.63. The van der Waals surface area contributed by atoms with Gasteiger partial charge < -0.3 is 10.1 Å². The van der Waals surface area contributed by atoms with Crippen LogP contribution in [0, 0.1) is 6.92 Å². The number of nitrogens with zero attached hydrogens (tertiary/aromatic N) is 1. The Bertz CT molecular complexity index is 576. The van der Waals surface area contributed by atoms with Crippen molar-refractivity contribution in [2.45, 2.75) is 31.9 Å². The monoisotopic (exact) mass is 268 g/mol. The first kappa shape index (κ1) is 13.1. The highest BCUT2D eigenvalue weighted by Crippen LogP contribution is 2.29. The van der Waals surface area contributed by atoms with Crippen LogP contribution < -0.4 is 10.1 Å². The van der Waals surface area contributed by atoms with Crippen LogP contribution in [0.15, 0.2) is 42.6 Å². The zero-order valence-electron chi connectivity index (χ0n) is 12.0. The van der Waals surface area contributed by atoms with E-state index in [9.17, 15) is 0 Å². The van der Waals surface area contributed by atoms with Gasteiger partial charge in [0.2, 0.25) is 0 Å². The van der Waals surface area contributed by atoms with E-state index in [0.29, 0.717) is 6.10 Å². The molecule has 3 heteroatoms. The topological polar surface area (TPSA) is 34.2 Å².